The normalized spacial score (nSPS) is 23.0. The first-order chi connectivity index (χ1) is 17.4. The highest BCUT2D eigenvalue weighted by molar-refractivity contribution is 6.10. The number of hydrogen-bond acceptors (Lipinski definition) is 4. The van der Waals surface area contributed by atoms with E-state index in [1.54, 1.807) is 11.0 Å². The van der Waals surface area contributed by atoms with E-state index in [0.29, 0.717) is 38.2 Å². The SMILES string of the molecule is O=C(NCC1CCCN(C(=O)CN2C(=O)NC3(CCc4ccccc43)C2=O)C1)Nc1cccc(F)c1. The maximum atomic E-state index is 13.3. The number of urea groups is 2. The van der Waals surface area contributed by atoms with Crippen LogP contribution in [0.25, 0.3) is 0 Å². The summed E-state index contributed by atoms with van der Waals surface area (Å²) in [6.07, 6.45) is 2.75. The standard InChI is InChI=1S/C26H28FN5O4/c27-19-7-3-8-20(13-19)29-24(35)28-14-17-5-4-12-31(15-17)22(33)16-32-23(34)26(30-25(32)36)11-10-18-6-1-2-9-21(18)26/h1-3,6-9,13,17H,4-5,10-12,14-16H2,(H,30,36)(H2,28,29,35). The van der Waals surface area contributed by atoms with Gasteiger partial charge in [0.15, 0.2) is 0 Å². The van der Waals surface area contributed by atoms with Gasteiger partial charge in [-0.3, -0.25) is 14.5 Å². The average molecular weight is 494 g/mol. The fourth-order valence-electron chi connectivity index (χ4n) is 5.41. The summed E-state index contributed by atoms with van der Waals surface area (Å²) < 4.78 is 13.3. The lowest BCUT2D eigenvalue weighted by Crippen LogP contribution is -2.49. The number of anilines is 1. The summed E-state index contributed by atoms with van der Waals surface area (Å²) in [4.78, 5) is 54.0. The predicted molar refractivity (Wildman–Crippen MR) is 129 cm³/mol. The van der Waals surface area contributed by atoms with E-state index in [2.05, 4.69) is 16.0 Å². The number of likely N-dealkylation sites (tertiary alicyclic amines) is 1. The Kier molecular flexibility index (Phi) is 6.34. The number of carbonyl (C=O) groups excluding carboxylic acids is 4. The largest absolute Gasteiger partial charge is 0.341 e. The molecule has 2 aromatic carbocycles. The van der Waals surface area contributed by atoms with Crippen molar-refractivity contribution in [1.82, 2.24) is 20.4 Å². The zero-order chi connectivity index (χ0) is 25.3. The number of imide groups is 1. The Bertz CT molecular complexity index is 1220. The van der Waals surface area contributed by atoms with Gasteiger partial charge in [0, 0.05) is 25.3 Å². The highest BCUT2D eigenvalue weighted by atomic mass is 19.1. The second-order valence-corrected chi connectivity index (χ2v) is 9.58. The molecule has 2 unspecified atom stereocenters. The zero-order valence-electron chi connectivity index (χ0n) is 19.8. The molecule has 5 rings (SSSR count). The molecule has 2 atom stereocenters. The molecule has 2 saturated heterocycles. The smallest absolute Gasteiger partial charge is 0.325 e. The molecule has 36 heavy (non-hydrogen) atoms. The van der Waals surface area contributed by atoms with Crippen LogP contribution in [0.2, 0.25) is 0 Å². The number of nitrogens with zero attached hydrogens (tertiary/aromatic N) is 2. The van der Waals surface area contributed by atoms with Crippen molar-refractivity contribution >= 4 is 29.6 Å². The third-order valence-corrected chi connectivity index (χ3v) is 7.22. The number of amides is 6. The van der Waals surface area contributed by atoms with E-state index >= 15 is 0 Å². The Morgan fingerprint density at radius 2 is 1.97 bits per heavy atom. The quantitative estimate of drug-likeness (QED) is 0.556. The second kappa shape index (κ2) is 9.60. The van der Waals surface area contributed by atoms with Crippen LogP contribution in [-0.2, 0) is 21.5 Å². The van der Waals surface area contributed by atoms with Gasteiger partial charge in [-0.1, -0.05) is 30.3 Å². The third-order valence-electron chi connectivity index (χ3n) is 7.22. The minimum atomic E-state index is -1.09. The molecular formula is C26H28FN5O4. The Morgan fingerprint density at radius 1 is 1.14 bits per heavy atom. The third kappa shape index (κ3) is 4.50. The topological polar surface area (TPSA) is 111 Å². The molecule has 9 nitrogen and oxygen atoms in total. The molecule has 0 bridgehead atoms. The summed E-state index contributed by atoms with van der Waals surface area (Å²) in [6, 6.07) is 12.2. The predicted octanol–water partition coefficient (Wildman–Crippen LogP) is 2.58. The van der Waals surface area contributed by atoms with Gasteiger partial charge in [-0.05, 0) is 60.9 Å². The fraction of sp³-hybridized carbons (Fsp3) is 0.385. The summed E-state index contributed by atoms with van der Waals surface area (Å²) in [6.45, 7) is 0.974. The molecule has 2 heterocycles. The van der Waals surface area contributed by atoms with Crippen molar-refractivity contribution in [3.8, 4) is 0 Å². The highest BCUT2D eigenvalue weighted by Gasteiger charge is 2.55. The summed E-state index contributed by atoms with van der Waals surface area (Å²) in [5.74, 6) is -1.09. The van der Waals surface area contributed by atoms with Crippen molar-refractivity contribution in [3.63, 3.8) is 0 Å². The molecule has 0 radical (unpaired) electrons. The number of fused-ring (bicyclic) bond motifs is 2. The fourth-order valence-corrected chi connectivity index (χ4v) is 5.41. The van der Waals surface area contributed by atoms with Crippen LogP contribution in [0.5, 0.6) is 0 Å². The van der Waals surface area contributed by atoms with Crippen molar-refractivity contribution in [3.05, 3.63) is 65.5 Å². The van der Waals surface area contributed by atoms with Gasteiger partial charge in [0.05, 0.1) is 0 Å². The summed E-state index contributed by atoms with van der Waals surface area (Å²) >= 11 is 0. The van der Waals surface area contributed by atoms with Crippen LogP contribution in [-0.4, -0.2) is 59.9 Å². The van der Waals surface area contributed by atoms with Crippen molar-refractivity contribution in [1.29, 1.82) is 0 Å². The number of piperidine rings is 1. The van der Waals surface area contributed by atoms with Gasteiger partial charge in [-0.2, -0.15) is 0 Å². The van der Waals surface area contributed by atoms with Crippen LogP contribution >= 0.6 is 0 Å². The maximum absolute atomic E-state index is 13.3. The molecule has 6 amide bonds. The van der Waals surface area contributed by atoms with Crippen molar-refractivity contribution in [2.75, 3.05) is 31.5 Å². The van der Waals surface area contributed by atoms with E-state index in [0.717, 1.165) is 28.9 Å². The van der Waals surface area contributed by atoms with E-state index in [4.69, 9.17) is 0 Å². The van der Waals surface area contributed by atoms with Gasteiger partial charge in [0.2, 0.25) is 5.91 Å². The molecule has 1 spiro atoms. The molecule has 0 aromatic heterocycles. The lowest BCUT2D eigenvalue weighted by Gasteiger charge is -2.33. The Morgan fingerprint density at radius 3 is 2.81 bits per heavy atom. The molecule has 2 aromatic rings. The van der Waals surface area contributed by atoms with E-state index in [1.165, 1.54) is 18.2 Å². The van der Waals surface area contributed by atoms with Gasteiger partial charge >= 0.3 is 12.1 Å². The van der Waals surface area contributed by atoms with Crippen LogP contribution < -0.4 is 16.0 Å². The number of benzene rings is 2. The van der Waals surface area contributed by atoms with Gasteiger partial charge in [-0.25, -0.2) is 14.0 Å². The lowest BCUT2D eigenvalue weighted by molar-refractivity contribution is -0.140. The summed E-state index contributed by atoms with van der Waals surface area (Å²) in [5, 5.41) is 8.20. The van der Waals surface area contributed by atoms with Crippen molar-refractivity contribution in [2.24, 2.45) is 5.92 Å². The number of aryl methyl sites for hydroxylation is 1. The summed E-state index contributed by atoms with van der Waals surface area (Å²) in [7, 11) is 0. The van der Waals surface area contributed by atoms with Crippen LogP contribution in [0.4, 0.5) is 19.7 Å². The molecule has 3 aliphatic rings. The molecule has 2 aliphatic heterocycles. The van der Waals surface area contributed by atoms with Crippen LogP contribution in [0.1, 0.15) is 30.4 Å². The van der Waals surface area contributed by atoms with Gasteiger partial charge in [-0.15, -0.1) is 0 Å². The monoisotopic (exact) mass is 493 g/mol. The zero-order valence-corrected chi connectivity index (χ0v) is 19.8. The molecule has 3 N–H and O–H groups in total. The number of carbonyl (C=O) groups is 4. The minimum Gasteiger partial charge on any atom is -0.341 e. The minimum absolute atomic E-state index is 0.0251. The lowest BCUT2D eigenvalue weighted by atomic mass is 9.92. The molecule has 188 valence electrons. The molecule has 10 heteroatoms. The molecule has 0 saturated carbocycles. The van der Waals surface area contributed by atoms with E-state index in [-0.39, 0.29) is 24.3 Å². The van der Waals surface area contributed by atoms with Crippen molar-refractivity contribution < 1.29 is 23.6 Å². The number of hydrogen-bond donors (Lipinski definition) is 3. The maximum Gasteiger partial charge on any atom is 0.325 e. The number of nitrogens with one attached hydrogen (secondary N) is 3. The number of halogens is 1. The Balaban J connectivity index is 1.16. The molecular weight excluding hydrogens is 465 g/mol. The summed E-state index contributed by atoms with van der Waals surface area (Å²) in [5.41, 5.74) is 1.10. The van der Waals surface area contributed by atoms with Gasteiger partial charge < -0.3 is 20.9 Å². The Labute approximate surface area is 208 Å². The van der Waals surface area contributed by atoms with Crippen molar-refractivity contribution in [2.45, 2.75) is 31.2 Å². The second-order valence-electron chi connectivity index (χ2n) is 9.58. The van der Waals surface area contributed by atoms with E-state index in [9.17, 15) is 23.6 Å². The number of rotatable bonds is 5. The van der Waals surface area contributed by atoms with Crippen LogP contribution in [0.3, 0.4) is 0 Å². The van der Waals surface area contributed by atoms with E-state index in [1.807, 2.05) is 24.3 Å². The van der Waals surface area contributed by atoms with Crippen LogP contribution in [0.15, 0.2) is 48.5 Å². The van der Waals surface area contributed by atoms with E-state index < -0.39 is 23.4 Å². The average Bonchev–Trinajstić information content (AvgIpc) is 3.36. The van der Waals surface area contributed by atoms with Crippen LogP contribution in [0, 0.1) is 11.7 Å². The van der Waals surface area contributed by atoms with Gasteiger partial charge in [0.1, 0.15) is 17.9 Å². The first-order valence-electron chi connectivity index (χ1n) is 12.2. The van der Waals surface area contributed by atoms with Gasteiger partial charge in [0.25, 0.3) is 5.91 Å². The molecule has 2 fully saturated rings. The highest BCUT2D eigenvalue weighted by Crippen LogP contribution is 2.41. The molecule has 1 aliphatic carbocycles. The first-order valence-corrected chi connectivity index (χ1v) is 12.2. The Hall–Kier alpha value is -3.95. The first kappa shape index (κ1) is 23.8.